The van der Waals surface area contributed by atoms with Crippen molar-refractivity contribution in [2.24, 2.45) is 5.41 Å². The minimum Gasteiger partial charge on any atom is -0.389 e. The van der Waals surface area contributed by atoms with E-state index in [1.165, 1.54) is 19.4 Å². The summed E-state index contributed by atoms with van der Waals surface area (Å²) in [4.78, 5) is 2.26. The van der Waals surface area contributed by atoms with Gasteiger partial charge in [-0.25, -0.2) is 0 Å². The molecule has 0 bridgehead atoms. The second-order valence-corrected chi connectivity index (χ2v) is 4.85. The quantitative estimate of drug-likeness (QED) is 0.560. The van der Waals surface area contributed by atoms with Crippen LogP contribution < -0.4 is 0 Å². The highest BCUT2D eigenvalue weighted by Crippen LogP contribution is 2.53. The summed E-state index contributed by atoms with van der Waals surface area (Å²) in [7, 11) is 2.10. The van der Waals surface area contributed by atoms with Gasteiger partial charge in [-0.05, 0) is 38.6 Å². The predicted octanol–water partition coefficient (Wildman–Crippen LogP) is 0.853. The molecule has 1 saturated heterocycles. The van der Waals surface area contributed by atoms with Crippen molar-refractivity contribution in [1.82, 2.24) is 4.90 Å². The second kappa shape index (κ2) is 1.99. The maximum absolute atomic E-state index is 9.88. The van der Waals surface area contributed by atoms with E-state index in [0.29, 0.717) is 5.41 Å². The number of piperidine rings is 1. The first-order chi connectivity index (χ1) is 5.02. The molecule has 0 unspecified atom stereocenters. The molecule has 1 saturated carbocycles. The minimum absolute atomic E-state index is 0.427. The van der Waals surface area contributed by atoms with Crippen LogP contribution in [0.5, 0.6) is 0 Å². The summed E-state index contributed by atoms with van der Waals surface area (Å²) >= 11 is 0. The molecule has 1 N–H and O–H groups in total. The highest BCUT2D eigenvalue weighted by Gasteiger charge is 2.50. The van der Waals surface area contributed by atoms with Crippen LogP contribution in [0.15, 0.2) is 0 Å². The molecule has 2 fully saturated rings. The topological polar surface area (TPSA) is 23.5 Å². The lowest BCUT2D eigenvalue weighted by molar-refractivity contribution is -0.0376. The average Bonchev–Trinajstić information content (AvgIpc) is 2.41. The van der Waals surface area contributed by atoms with Crippen LogP contribution in [0, 0.1) is 5.41 Å². The van der Waals surface area contributed by atoms with Gasteiger partial charge in [0, 0.05) is 13.1 Å². The van der Waals surface area contributed by atoms with Crippen molar-refractivity contribution < 1.29 is 5.11 Å². The molecule has 2 heteroatoms. The molecule has 2 nitrogen and oxygen atoms in total. The summed E-state index contributed by atoms with van der Waals surface area (Å²) in [6.07, 6.45) is 3.67. The van der Waals surface area contributed by atoms with Crippen LogP contribution in [0.1, 0.15) is 26.2 Å². The lowest BCUT2D eigenvalue weighted by Crippen LogP contribution is -2.49. The first kappa shape index (κ1) is 7.56. The van der Waals surface area contributed by atoms with E-state index >= 15 is 0 Å². The van der Waals surface area contributed by atoms with Gasteiger partial charge in [-0.2, -0.15) is 0 Å². The van der Waals surface area contributed by atoms with E-state index < -0.39 is 5.60 Å². The maximum Gasteiger partial charge on any atom is 0.0751 e. The molecule has 1 heterocycles. The van der Waals surface area contributed by atoms with Crippen LogP contribution in [0.3, 0.4) is 0 Å². The molecule has 2 rings (SSSR count). The highest BCUT2D eigenvalue weighted by molar-refractivity contribution is 5.03. The fourth-order valence-corrected chi connectivity index (χ4v) is 2.64. The third-order valence-corrected chi connectivity index (χ3v) is 2.93. The standard InChI is InChI=1S/C9H17NO/c1-8(11)5-9(3-4-9)7-10(2)6-8/h11H,3-7H2,1-2H3/t8-/m1/s1. The van der Waals surface area contributed by atoms with Crippen molar-refractivity contribution in [2.45, 2.75) is 31.8 Å². The fraction of sp³-hybridized carbons (Fsp3) is 1.00. The SMILES string of the molecule is CN1CC2(CC2)C[C@@](C)(O)C1. The van der Waals surface area contributed by atoms with Crippen molar-refractivity contribution >= 4 is 0 Å². The molecule has 1 aliphatic carbocycles. The number of likely N-dealkylation sites (N-methyl/N-ethyl adjacent to an activating group) is 1. The zero-order valence-electron chi connectivity index (χ0n) is 7.43. The van der Waals surface area contributed by atoms with E-state index in [0.717, 1.165) is 13.0 Å². The van der Waals surface area contributed by atoms with Crippen LogP contribution in [0.25, 0.3) is 0 Å². The predicted molar refractivity (Wildman–Crippen MR) is 44.4 cm³/mol. The molecule has 1 atom stereocenters. The Morgan fingerprint density at radius 1 is 1.27 bits per heavy atom. The smallest absolute Gasteiger partial charge is 0.0751 e. The van der Waals surface area contributed by atoms with Gasteiger partial charge in [0.1, 0.15) is 0 Å². The lowest BCUT2D eigenvalue weighted by atomic mass is 9.85. The van der Waals surface area contributed by atoms with Gasteiger partial charge in [-0.15, -0.1) is 0 Å². The Bertz CT molecular complexity index is 166. The molecule has 1 spiro atoms. The normalized spacial score (nSPS) is 42.8. The Kier molecular flexibility index (Phi) is 1.37. The summed E-state index contributed by atoms with van der Waals surface area (Å²) in [5.41, 5.74) is 0.0833. The Morgan fingerprint density at radius 2 is 1.91 bits per heavy atom. The first-order valence-electron chi connectivity index (χ1n) is 4.42. The van der Waals surface area contributed by atoms with Crippen LogP contribution >= 0.6 is 0 Å². The summed E-state index contributed by atoms with van der Waals surface area (Å²) < 4.78 is 0. The number of aliphatic hydroxyl groups is 1. The summed E-state index contributed by atoms with van der Waals surface area (Å²) in [6.45, 7) is 4.00. The van der Waals surface area contributed by atoms with E-state index in [9.17, 15) is 5.11 Å². The van der Waals surface area contributed by atoms with Crippen molar-refractivity contribution in [3.05, 3.63) is 0 Å². The zero-order valence-corrected chi connectivity index (χ0v) is 7.43. The van der Waals surface area contributed by atoms with E-state index in [-0.39, 0.29) is 0 Å². The Labute approximate surface area is 68.2 Å². The molecule has 64 valence electrons. The molecular formula is C9H17NO. The molecule has 1 aliphatic heterocycles. The van der Waals surface area contributed by atoms with Crippen LogP contribution in [-0.4, -0.2) is 35.7 Å². The molecule has 2 aliphatic rings. The summed E-state index contributed by atoms with van der Waals surface area (Å²) in [5.74, 6) is 0. The van der Waals surface area contributed by atoms with Crippen LogP contribution in [0.2, 0.25) is 0 Å². The van der Waals surface area contributed by atoms with Gasteiger partial charge in [0.25, 0.3) is 0 Å². The molecule has 0 radical (unpaired) electrons. The number of rotatable bonds is 0. The zero-order chi connectivity index (χ0) is 8.11. The van der Waals surface area contributed by atoms with Gasteiger partial charge in [-0.1, -0.05) is 0 Å². The first-order valence-corrected chi connectivity index (χ1v) is 4.42. The Hall–Kier alpha value is -0.0800. The largest absolute Gasteiger partial charge is 0.389 e. The number of nitrogens with zero attached hydrogens (tertiary/aromatic N) is 1. The maximum atomic E-state index is 9.88. The monoisotopic (exact) mass is 155 g/mol. The lowest BCUT2D eigenvalue weighted by Gasteiger charge is -2.40. The van der Waals surface area contributed by atoms with Gasteiger partial charge < -0.3 is 10.0 Å². The minimum atomic E-state index is -0.427. The summed E-state index contributed by atoms with van der Waals surface area (Å²) in [5, 5.41) is 9.88. The third-order valence-electron chi connectivity index (χ3n) is 2.93. The van der Waals surface area contributed by atoms with Gasteiger partial charge in [0.2, 0.25) is 0 Å². The number of likely N-dealkylation sites (tertiary alicyclic amines) is 1. The molecule has 0 aromatic rings. The second-order valence-electron chi connectivity index (χ2n) is 4.85. The number of hydrogen-bond acceptors (Lipinski definition) is 2. The number of hydrogen-bond donors (Lipinski definition) is 1. The van der Waals surface area contributed by atoms with Gasteiger partial charge in [0.05, 0.1) is 5.60 Å². The van der Waals surface area contributed by atoms with Crippen LogP contribution in [0.4, 0.5) is 0 Å². The fourth-order valence-electron chi connectivity index (χ4n) is 2.64. The molecule has 0 aromatic carbocycles. The van der Waals surface area contributed by atoms with Crippen molar-refractivity contribution in [2.75, 3.05) is 20.1 Å². The third kappa shape index (κ3) is 1.42. The Balaban J connectivity index is 2.09. The number of β-amino-alcohol motifs (C(OH)–C–C–N with tert-alkyl or cyclic N) is 1. The molecule has 0 amide bonds. The van der Waals surface area contributed by atoms with E-state index in [1.807, 2.05) is 6.92 Å². The summed E-state index contributed by atoms with van der Waals surface area (Å²) in [6, 6.07) is 0. The van der Waals surface area contributed by atoms with E-state index in [2.05, 4.69) is 11.9 Å². The molecular weight excluding hydrogens is 138 g/mol. The van der Waals surface area contributed by atoms with Crippen LogP contribution in [-0.2, 0) is 0 Å². The molecule has 11 heavy (non-hydrogen) atoms. The van der Waals surface area contributed by atoms with E-state index in [4.69, 9.17) is 0 Å². The van der Waals surface area contributed by atoms with Gasteiger partial charge in [0.15, 0.2) is 0 Å². The van der Waals surface area contributed by atoms with Crippen molar-refractivity contribution in [3.8, 4) is 0 Å². The van der Waals surface area contributed by atoms with Gasteiger partial charge in [-0.3, -0.25) is 0 Å². The van der Waals surface area contributed by atoms with Crippen molar-refractivity contribution in [3.63, 3.8) is 0 Å². The van der Waals surface area contributed by atoms with Gasteiger partial charge >= 0.3 is 0 Å². The van der Waals surface area contributed by atoms with E-state index in [1.54, 1.807) is 0 Å². The highest BCUT2D eigenvalue weighted by atomic mass is 16.3. The molecule has 0 aromatic heterocycles. The average molecular weight is 155 g/mol. The van der Waals surface area contributed by atoms with Crippen molar-refractivity contribution in [1.29, 1.82) is 0 Å². The Morgan fingerprint density at radius 3 is 2.36 bits per heavy atom.